The van der Waals surface area contributed by atoms with E-state index in [9.17, 15) is 33.9 Å². The van der Waals surface area contributed by atoms with Crippen LogP contribution in [0.15, 0.2) is 60.7 Å². The Labute approximate surface area is 636 Å². The number of carbonyl (C=O) groups excluding carboxylic acids is 6. The van der Waals surface area contributed by atoms with Crippen molar-refractivity contribution < 1.29 is 67.0 Å². The molecule has 108 heavy (non-hydrogen) atoms. The van der Waals surface area contributed by atoms with Gasteiger partial charge in [0.2, 0.25) is 23.6 Å². The molecule has 0 saturated heterocycles. The average molecular weight is 1490 g/mol. The molecule has 9 aliphatic carbocycles. The molecule has 10 atom stereocenters. The van der Waals surface area contributed by atoms with Crippen LogP contribution in [0.1, 0.15) is 243 Å². The lowest BCUT2D eigenvalue weighted by atomic mass is 9.95. The van der Waals surface area contributed by atoms with E-state index in [1.807, 2.05) is 50.5 Å². The van der Waals surface area contributed by atoms with Crippen molar-refractivity contribution in [2.75, 3.05) is 105 Å². The Morgan fingerprint density at radius 1 is 0.361 bits per heavy atom. The highest BCUT2D eigenvalue weighted by Crippen LogP contribution is 2.43. The van der Waals surface area contributed by atoms with Gasteiger partial charge in [-0.2, -0.15) is 0 Å². The van der Waals surface area contributed by atoms with E-state index in [0.717, 1.165) is 182 Å². The third kappa shape index (κ3) is 23.5. The lowest BCUT2D eigenvalue weighted by Crippen LogP contribution is -2.18. The van der Waals surface area contributed by atoms with Gasteiger partial charge in [-0.15, -0.1) is 0 Å². The predicted octanol–water partition coefficient (Wildman–Crippen LogP) is 12.0. The molecule has 10 unspecified atom stereocenters. The van der Waals surface area contributed by atoms with E-state index in [1.54, 1.807) is 47.7 Å². The van der Waals surface area contributed by atoms with Crippen molar-refractivity contribution in [2.24, 2.45) is 23.7 Å². The zero-order valence-electron chi connectivity index (χ0n) is 65.2. The Morgan fingerprint density at radius 3 is 0.889 bits per heavy atom. The molecule has 26 heteroatoms. The molecule has 5 aromatic rings. The summed E-state index contributed by atoms with van der Waals surface area (Å²) >= 11 is 0. The number of rotatable bonds is 25. The number of anilines is 5. The molecule has 0 aliphatic heterocycles. The minimum absolute atomic E-state index is 0.0265. The van der Waals surface area contributed by atoms with Crippen LogP contribution in [0.2, 0.25) is 0 Å². The Balaban J connectivity index is 0.000000144. The van der Waals surface area contributed by atoms with Crippen LogP contribution in [0.25, 0.3) is 0 Å². The molecule has 0 spiro atoms. The number of nitrogens with two attached hydrogens (primary N) is 1. The predicted molar refractivity (Wildman–Crippen MR) is 411 cm³/mol. The molecule has 5 heterocycles. The number of esters is 2. The van der Waals surface area contributed by atoms with Crippen molar-refractivity contribution in [3.63, 3.8) is 0 Å². The minimum Gasteiger partial charge on any atom is -0.464 e. The molecule has 9 fully saturated rings. The Bertz CT molecular complexity index is 3760. The molecule has 14 rings (SSSR count). The summed E-state index contributed by atoms with van der Waals surface area (Å²) in [6, 6.07) is 19.3. The van der Waals surface area contributed by atoms with Crippen LogP contribution < -0.4 is 27.0 Å². The summed E-state index contributed by atoms with van der Waals surface area (Å²) in [5.74, 6) is 4.28. The second-order valence-corrected chi connectivity index (χ2v) is 31.0. The zero-order chi connectivity index (χ0) is 77.1. The van der Waals surface area contributed by atoms with Gasteiger partial charge >= 0.3 is 11.9 Å². The highest BCUT2D eigenvalue weighted by Gasteiger charge is 2.37. The van der Waals surface area contributed by atoms with Crippen molar-refractivity contribution >= 4 is 64.7 Å². The van der Waals surface area contributed by atoms with Crippen LogP contribution in [0.4, 0.5) is 29.1 Å². The van der Waals surface area contributed by atoms with E-state index in [-0.39, 0.29) is 78.0 Å². The van der Waals surface area contributed by atoms with Gasteiger partial charge in [0.1, 0.15) is 29.1 Å². The maximum Gasteiger partial charge on any atom is 0.357 e. The Morgan fingerprint density at radius 2 is 0.620 bits per heavy atom. The number of carbonyl (C=O) groups is 6. The number of amides is 4. The van der Waals surface area contributed by atoms with Gasteiger partial charge in [-0.3, -0.25) is 19.2 Å². The number of aromatic nitrogens is 5. The van der Waals surface area contributed by atoms with E-state index in [2.05, 4.69) is 77.2 Å². The fourth-order valence-corrected chi connectivity index (χ4v) is 15.5. The van der Waals surface area contributed by atoms with Gasteiger partial charge in [-0.1, -0.05) is 30.3 Å². The number of nitrogens with one attached hydrogen (secondary N) is 4. The molecule has 0 bridgehead atoms. The maximum atomic E-state index is 12.1. The molecule has 5 aromatic heterocycles. The summed E-state index contributed by atoms with van der Waals surface area (Å²) in [6.07, 6.45) is 24.6. The number of nitrogens with zero attached hydrogens (tertiary/aromatic N) is 7. The molecule has 4 amide bonds. The number of aliphatic hydroxyl groups excluding tert-OH is 1. The monoisotopic (exact) mass is 1490 g/mol. The number of nitrogen functional groups attached to an aromatic ring is 1. The van der Waals surface area contributed by atoms with Crippen LogP contribution in [0, 0.1) is 23.7 Å². The molecular formula is C82H116N12O14. The van der Waals surface area contributed by atoms with Crippen LogP contribution in [-0.2, 0) is 72.0 Å². The van der Waals surface area contributed by atoms with Crippen LogP contribution in [-0.4, -0.2) is 184 Å². The number of ether oxygens (including phenoxy) is 7. The SMILES string of the molecule is COC(=O)c1nc(NC(=O)C2CC2)ccc1C1CCC(OC)C1.COC(=O)c1nc(NC(=O)C2CC2)ccc1C1CCC(OC)C1.COC1CCC(c2ccc(N)nc2CN(C)C)C1.COC1CCC(c2ccc(NC(=O)C3CC3)nc2CN(C)C)C1.COC1CCC(c2ccc(NC(=O)C3CC3)nc2CO)C1. The zero-order valence-corrected chi connectivity index (χ0v) is 65.2. The normalized spacial score (nSPS) is 24.0. The van der Waals surface area contributed by atoms with Gasteiger partial charge in [0.25, 0.3) is 0 Å². The lowest BCUT2D eigenvalue weighted by molar-refractivity contribution is -0.118. The van der Waals surface area contributed by atoms with Gasteiger partial charge in [0, 0.05) is 72.3 Å². The lowest BCUT2D eigenvalue weighted by Gasteiger charge is -2.19. The molecular weight excluding hydrogens is 1380 g/mol. The molecule has 9 aliphatic rings. The van der Waals surface area contributed by atoms with Gasteiger partial charge in [0.15, 0.2) is 11.4 Å². The highest BCUT2D eigenvalue weighted by molar-refractivity contribution is 5.96. The first kappa shape index (κ1) is 82.5. The summed E-state index contributed by atoms with van der Waals surface area (Å²) in [5, 5.41) is 20.9. The van der Waals surface area contributed by atoms with Gasteiger partial charge < -0.3 is 75.1 Å². The third-order valence-electron chi connectivity index (χ3n) is 22.3. The average Bonchev–Trinajstić information content (AvgIpc) is 1.50. The van der Waals surface area contributed by atoms with E-state index >= 15 is 0 Å². The molecule has 0 radical (unpaired) electrons. The first-order chi connectivity index (χ1) is 52.1. The summed E-state index contributed by atoms with van der Waals surface area (Å²) in [6.45, 7) is 1.53. The largest absolute Gasteiger partial charge is 0.464 e. The van der Waals surface area contributed by atoms with Crippen molar-refractivity contribution in [1.29, 1.82) is 0 Å². The highest BCUT2D eigenvalue weighted by atomic mass is 16.5. The second-order valence-electron chi connectivity index (χ2n) is 31.0. The van der Waals surface area contributed by atoms with Crippen LogP contribution in [0.3, 0.4) is 0 Å². The molecule has 7 N–H and O–H groups in total. The minimum atomic E-state index is -0.469. The van der Waals surface area contributed by atoms with Crippen molar-refractivity contribution in [3.8, 4) is 0 Å². The number of aliphatic hydroxyl groups is 1. The van der Waals surface area contributed by atoms with Gasteiger partial charge in [0.05, 0.1) is 68.4 Å². The van der Waals surface area contributed by atoms with E-state index in [0.29, 0.717) is 82.2 Å². The quantitative estimate of drug-likeness (QED) is 0.0296. The van der Waals surface area contributed by atoms with Gasteiger partial charge in [-0.05, 0) is 264 Å². The maximum absolute atomic E-state index is 12.1. The molecule has 588 valence electrons. The Hall–Kier alpha value is -7.95. The first-order valence-electron chi connectivity index (χ1n) is 38.8. The fraction of sp³-hybridized carbons (Fsp3) is 0.622. The molecule has 9 saturated carbocycles. The van der Waals surface area contributed by atoms with Crippen molar-refractivity contribution in [2.45, 2.75) is 227 Å². The van der Waals surface area contributed by atoms with E-state index in [4.69, 9.17) is 43.9 Å². The number of hydrogen-bond acceptors (Lipinski definition) is 22. The number of hydrogen-bond donors (Lipinski definition) is 6. The third-order valence-corrected chi connectivity index (χ3v) is 22.3. The summed E-state index contributed by atoms with van der Waals surface area (Å²) in [4.78, 5) is 98.2. The van der Waals surface area contributed by atoms with E-state index in [1.165, 1.54) is 31.8 Å². The summed E-state index contributed by atoms with van der Waals surface area (Å²) in [7, 11) is 19.7. The van der Waals surface area contributed by atoms with E-state index < -0.39 is 11.9 Å². The molecule has 26 nitrogen and oxygen atoms in total. The first-order valence-corrected chi connectivity index (χ1v) is 38.8. The summed E-state index contributed by atoms with van der Waals surface area (Å²) < 4.78 is 36.9. The van der Waals surface area contributed by atoms with Crippen molar-refractivity contribution in [3.05, 3.63) is 117 Å². The summed E-state index contributed by atoms with van der Waals surface area (Å²) in [5.41, 5.74) is 14.7. The Kier molecular flexibility index (Phi) is 30.3. The second kappa shape index (κ2) is 39.6. The number of methoxy groups -OCH3 is 7. The van der Waals surface area contributed by atoms with Crippen molar-refractivity contribution in [1.82, 2.24) is 34.7 Å². The van der Waals surface area contributed by atoms with Crippen LogP contribution in [0.5, 0.6) is 0 Å². The molecule has 0 aromatic carbocycles. The van der Waals surface area contributed by atoms with Crippen LogP contribution >= 0.6 is 0 Å². The topological polar surface area (TPSA) is 332 Å². The van der Waals surface area contributed by atoms with Gasteiger partial charge in [-0.25, -0.2) is 34.5 Å². The standard InChI is InChI=1S/C18H27N3O2.2C17H22N2O4.C16H22N2O3.C14H23N3O/c1-21(2)11-16-15(13-6-7-14(10-13)23-3)8-9-17(19-16)20-18(22)12-4-5-12;2*1-22-12-6-5-11(9-12)13-7-8-14(18-15(13)17(21)23-2)19-16(20)10-3-4-10;1-21-12-5-4-11(8-12)13-6-7-15(17-14(13)9-19)18-16(20)10-2-3-10;1-17(2)9-13-12(6-7-14(15)16-13)10-4-5-11(8-10)18-3/h8-9,12-14H,4-7,10-11H2,1-3H3,(H,19,20,22);2*7-8,10-12H,3-6,9H2,1-2H3,(H,18,19,20);6-7,10-12,19H,2-5,8-9H2,1H3,(H,17,18,20);6-7,10-11H,4-5,8-9H2,1-3H3,(H2,15,16). The number of pyridine rings is 5. The fourth-order valence-electron chi connectivity index (χ4n) is 15.5. The smallest absolute Gasteiger partial charge is 0.357 e.